The fraction of sp³-hybridized carbons (Fsp3) is 0.176. The van der Waals surface area contributed by atoms with Gasteiger partial charge in [-0.3, -0.25) is 4.98 Å². The summed E-state index contributed by atoms with van der Waals surface area (Å²) in [5.74, 6) is 0.934. The lowest BCUT2D eigenvalue weighted by Crippen LogP contribution is -1.99. The molecule has 0 fully saturated rings. The third-order valence-corrected chi connectivity index (χ3v) is 4.10. The normalized spacial score (nSPS) is 12.8. The highest BCUT2D eigenvalue weighted by Crippen LogP contribution is 2.34. The number of pyridine rings is 1. The molecular weight excluding hydrogens is 246 g/mol. The molecule has 3 heteroatoms. The average Bonchev–Trinajstić information content (AvgIpc) is 2.94. The van der Waals surface area contributed by atoms with Gasteiger partial charge in [-0.2, -0.15) is 0 Å². The number of rotatable bonds is 0. The van der Waals surface area contributed by atoms with Crippen LogP contribution < -0.4 is 0 Å². The van der Waals surface area contributed by atoms with Crippen LogP contribution in [0.2, 0.25) is 0 Å². The zero-order chi connectivity index (χ0) is 13.5. The highest BCUT2D eigenvalue weighted by atomic mass is 14.9. The van der Waals surface area contributed by atoms with Crippen molar-refractivity contribution in [2.24, 2.45) is 0 Å². The summed E-state index contributed by atoms with van der Waals surface area (Å²) in [5, 5.41) is 0. The van der Waals surface area contributed by atoms with Crippen molar-refractivity contribution >= 4 is 0 Å². The van der Waals surface area contributed by atoms with Crippen LogP contribution in [0.3, 0.4) is 0 Å². The molecule has 98 valence electrons. The Bertz CT molecular complexity index is 786. The number of nitrogens with zero attached hydrogens (tertiary/aromatic N) is 2. The predicted octanol–water partition coefficient (Wildman–Crippen LogP) is 3.55. The summed E-state index contributed by atoms with van der Waals surface area (Å²) >= 11 is 0. The van der Waals surface area contributed by atoms with Crippen LogP contribution in [-0.2, 0) is 12.8 Å². The Hall–Kier alpha value is -2.42. The van der Waals surface area contributed by atoms with E-state index in [1.54, 1.807) is 0 Å². The van der Waals surface area contributed by atoms with E-state index in [0.717, 1.165) is 29.8 Å². The van der Waals surface area contributed by atoms with Crippen LogP contribution in [0.25, 0.3) is 22.5 Å². The number of hydrogen-bond acceptors (Lipinski definition) is 2. The number of fused-ring (bicyclic) bond motifs is 7. The predicted molar refractivity (Wildman–Crippen MR) is 79.4 cm³/mol. The molecule has 0 unspecified atom stereocenters. The van der Waals surface area contributed by atoms with E-state index in [0.29, 0.717) is 0 Å². The Morgan fingerprint density at radius 2 is 1.95 bits per heavy atom. The van der Waals surface area contributed by atoms with Gasteiger partial charge in [0.15, 0.2) is 0 Å². The monoisotopic (exact) mass is 261 g/mol. The first-order valence-electron chi connectivity index (χ1n) is 6.90. The zero-order valence-corrected chi connectivity index (χ0v) is 11.4. The molecule has 0 saturated carbocycles. The molecule has 1 N–H and O–H groups in total. The fourth-order valence-corrected chi connectivity index (χ4v) is 2.95. The van der Waals surface area contributed by atoms with Gasteiger partial charge in [0, 0.05) is 35.4 Å². The number of aromatic amines is 1. The number of imidazole rings is 1. The largest absolute Gasteiger partial charge is 0.342 e. The lowest BCUT2D eigenvalue weighted by molar-refractivity contribution is 0.917. The second kappa shape index (κ2) is 4.30. The lowest BCUT2D eigenvalue weighted by atomic mass is 9.92. The summed E-state index contributed by atoms with van der Waals surface area (Å²) in [7, 11) is 0. The Labute approximate surface area is 117 Å². The van der Waals surface area contributed by atoms with Gasteiger partial charge in [-0.25, -0.2) is 4.98 Å². The summed E-state index contributed by atoms with van der Waals surface area (Å²) in [4.78, 5) is 12.3. The molecule has 0 radical (unpaired) electrons. The molecule has 0 atom stereocenters. The first-order chi connectivity index (χ1) is 9.83. The van der Waals surface area contributed by atoms with E-state index < -0.39 is 0 Å². The molecule has 0 saturated heterocycles. The van der Waals surface area contributed by atoms with Crippen LogP contribution >= 0.6 is 0 Å². The summed E-state index contributed by atoms with van der Waals surface area (Å²) in [6, 6.07) is 8.56. The fourth-order valence-electron chi connectivity index (χ4n) is 2.95. The second-order valence-electron chi connectivity index (χ2n) is 5.27. The molecule has 1 aromatic carbocycles. The molecule has 20 heavy (non-hydrogen) atoms. The molecule has 1 aliphatic heterocycles. The molecule has 3 heterocycles. The maximum atomic E-state index is 4.53. The molecule has 4 rings (SSSR count). The van der Waals surface area contributed by atoms with E-state index >= 15 is 0 Å². The third-order valence-electron chi connectivity index (χ3n) is 4.10. The number of H-pyrrole nitrogens is 1. The van der Waals surface area contributed by atoms with Gasteiger partial charge in [0.25, 0.3) is 0 Å². The Morgan fingerprint density at radius 1 is 1.00 bits per heavy atom. The van der Waals surface area contributed by atoms with Gasteiger partial charge in [0.05, 0.1) is 0 Å². The van der Waals surface area contributed by atoms with Crippen LogP contribution in [0, 0.1) is 6.92 Å². The van der Waals surface area contributed by atoms with Gasteiger partial charge in [-0.05, 0) is 42.5 Å². The van der Waals surface area contributed by atoms with Crippen molar-refractivity contribution in [3.05, 3.63) is 59.7 Å². The summed E-state index contributed by atoms with van der Waals surface area (Å²) in [6.45, 7) is 2.20. The van der Waals surface area contributed by atoms with Gasteiger partial charge in [0.2, 0.25) is 0 Å². The highest BCUT2D eigenvalue weighted by molar-refractivity contribution is 5.82. The molecule has 2 aromatic heterocycles. The molecule has 4 bridgehead atoms. The van der Waals surface area contributed by atoms with Gasteiger partial charge in [0.1, 0.15) is 5.82 Å². The van der Waals surface area contributed by atoms with Gasteiger partial charge >= 0.3 is 0 Å². The number of aryl methyl sites for hydroxylation is 2. The Balaban J connectivity index is 2.08. The van der Waals surface area contributed by atoms with Crippen molar-refractivity contribution in [1.82, 2.24) is 15.0 Å². The smallest absolute Gasteiger partial charge is 0.138 e. The molecule has 1 aliphatic rings. The average molecular weight is 261 g/mol. The van der Waals surface area contributed by atoms with Crippen molar-refractivity contribution in [2.45, 2.75) is 19.8 Å². The number of aromatic nitrogens is 3. The maximum absolute atomic E-state index is 4.53. The van der Waals surface area contributed by atoms with E-state index in [-0.39, 0.29) is 0 Å². The van der Waals surface area contributed by atoms with Gasteiger partial charge < -0.3 is 4.98 Å². The second-order valence-corrected chi connectivity index (χ2v) is 5.27. The van der Waals surface area contributed by atoms with Crippen LogP contribution in [0.4, 0.5) is 0 Å². The SMILES string of the molecule is Cc1c2cccc1-c1cnccc1-c1ncc([nH]1)CC2. The topological polar surface area (TPSA) is 41.6 Å². The zero-order valence-electron chi connectivity index (χ0n) is 11.4. The summed E-state index contributed by atoms with van der Waals surface area (Å²) < 4.78 is 0. The van der Waals surface area contributed by atoms with Crippen LogP contribution in [0.1, 0.15) is 16.8 Å². The van der Waals surface area contributed by atoms with E-state index in [9.17, 15) is 0 Å². The van der Waals surface area contributed by atoms with E-state index in [4.69, 9.17) is 0 Å². The first-order valence-corrected chi connectivity index (χ1v) is 6.90. The highest BCUT2D eigenvalue weighted by Gasteiger charge is 2.15. The van der Waals surface area contributed by atoms with Gasteiger partial charge in [-0.1, -0.05) is 18.2 Å². The molecule has 0 amide bonds. The van der Waals surface area contributed by atoms with Gasteiger partial charge in [-0.15, -0.1) is 0 Å². The van der Waals surface area contributed by atoms with E-state index in [1.165, 1.54) is 22.4 Å². The van der Waals surface area contributed by atoms with E-state index in [2.05, 4.69) is 40.1 Å². The Morgan fingerprint density at radius 3 is 2.90 bits per heavy atom. The third kappa shape index (κ3) is 1.67. The maximum Gasteiger partial charge on any atom is 0.138 e. The van der Waals surface area contributed by atoms with Crippen LogP contribution in [0.5, 0.6) is 0 Å². The molecule has 3 aromatic rings. The minimum atomic E-state index is 0.934. The molecule has 0 aliphatic carbocycles. The minimum absolute atomic E-state index is 0.934. The number of nitrogens with one attached hydrogen (secondary N) is 1. The summed E-state index contributed by atoms with van der Waals surface area (Å²) in [6.07, 6.45) is 7.74. The minimum Gasteiger partial charge on any atom is -0.342 e. The summed E-state index contributed by atoms with van der Waals surface area (Å²) in [5.41, 5.74) is 7.46. The Kier molecular flexibility index (Phi) is 2.46. The van der Waals surface area contributed by atoms with Crippen molar-refractivity contribution < 1.29 is 0 Å². The van der Waals surface area contributed by atoms with E-state index in [1.807, 2.05) is 24.7 Å². The van der Waals surface area contributed by atoms with Crippen LogP contribution in [0.15, 0.2) is 42.9 Å². The first kappa shape index (κ1) is 11.4. The van der Waals surface area contributed by atoms with Crippen molar-refractivity contribution in [3.63, 3.8) is 0 Å². The number of benzene rings is 1. The molecule has 3 nitrogen and oxygen atoms in total. The van der Waals surface area contributed by atoms with Crippen molar-refractivity contribution in [2.75, 3.05) is 0 Å². The quantitative estimate of drug-likeness (QED) is 0.672. The number of hydrogen-bond donors (Lipinski definition) is 1. The standard InChI is InChI=1S/C17H15N3/c1-11-12-3-2-4-14(11)16-10-18-8-7-15(16)17-19-9-13(20-17)6-5-12/h2-4,7-10H,5-6H2,1H3,(H,19,20). The molecule has 0 spiro atoms. The lowest BCUT2D eigenvalue weighted by Gasteiger charge is -2.14. The molecular formula is C17H15N3. The van der Waals surface area contributed by atoms with Crippen molar-refractivity contribution in [3.8, 4) is 22.5 Å². The van der Waals surface area contributed by atoms with Crippen LogP contribution in [-0.4, -0.2) is 15.0 Å². The van der Waals surface area contributed by atoms with Crippen molar-refractivity contribution in [1.29, 1.82) is 0 Å².